The summed E-state index contributed by atoms with van der Waals surface area (Å²) in [7, 11) is 1.61. The van der Waals surface area contributed by atoms with Gasteiger partial charge in [-0.1, -0.05) is 46.9 Å². The molecule has 0 saturated carbocycles. The Kier molecular flexibility index (Phi) is 6.55. The molecule has 0 aromatic heterocycles. The number of hydrogen-bond acceptors (Lipinski definition) is 3. The van der Waals surface area contributed by atoms with Gasteiger partial charge in [-0.15, -0.1) is 0 Å². The van der Waals surface area contributed by atoms with Crippen LogP contribution in [-0.4, -0.2) is 30.1 Å². The molecular formula is C12H14Cl3NO3. The fourth-order valence-corrected chi connectivity index (χ4v) is 1.46. The molecule has 1 rings (SSSR count). The highest BCUT2D eigenvalue weighted by Crippen LogP contribution is 2.25. The Balaban J connectivity index is 2.24. The maximum Gasteiger partial charge on any atom is 0.407 e. The normalized spacial score (nSPS) is 10.9. The summed E-state index contributed by atoms with van der Waals surface area (Å²) in [5.41, 5.74) is 1.07. The van der Waals surface area contributed by atoms with Crippen molar-refractivity contribution in [3.8, 4) is 5.75 Å². The van der Waals surface area contributed by atoms with Crippen molar-refractivity contribution in [2.24, 2.45) is 0 Å². The second kappa shape index (κ2) is 7.68. The van der Waals surface area contributed by atoms with Crippen LogP contribution in [0.15, 0.2) is 24.3 Å². The number of carbonyl (C=O) groups excluding carboxylic acids is 1. The maximum absolute atomic E-state index is 11.3. The third-order valence-corrected chi connectivity index (χ3v) is 2.54. The van der Waals surface area contributed by atoms with E-state index in [0.717, 1.165) is 11.3 Å². The van der Waals surface area contributed by atoms with Crippen LogP contribution in [0.1, 0.15) is 5.56 Å². The van der Waals surface area contributed by atoms with Crippen molar-refractivity contribution < 1.29 is 14.3 Å². The first-order valence-electron chi connectivity index (χ1n) is 5.51. The second-order valence-electron chi connectivity index (χ2n) is 3.72. The van der Waals surface area contributed by atoms with Crippen molar-refractivity contribution in [3.05, 3.63) is 29.8 Å². The van der Waals surface area contributed by atoms with E-state index in [4.69, 9.17) is 44.3 Å². The number of alkyl halides is 3. The Hall–Kier alpha value is -0.840. The van der Waals surface area contributed by atoms with Gasteiger partial charge in [0.15, 0.2) is 0 Å². The Morgan fingerprint density at radius 3 is 2.42 bits per heavy atom. The summed E-state index contributed by atoms with van der Waals surface area (Å²) in [6.07, 6.45) is 0.0622. The van der Waals surface area contributed by atoms with Crippen molar-refractivity contribution in [2.75, 3.05) is 20.3 Å². The van der Waals surface area contributed by atoms with Crippen LogP contribution in [0, 0.1) is 0 Å². The monoisotopic (exact) mass is 325 g/mol. The molecule has 0 bridgehead atoms. The van der Waals surface area contributed by atoms with Crippen LogP contribution >= 0.6 is 34.8 Å². The Labute approximate surface area is 126 Å². The van der Waals surface area contributed by atoms with Crippen LogP contribution in [-0.2, 0) is 11.2 Å². The van der Waals surface area contributed by atoms with Gasteiger partial charge in [-0.2, -0.15) is 0 Å². The van der Waals surface area contributed by atoms with Gasteiger partial charge in [0.05, 0.1) is 7.11 Å². The molecule has 0 aliphatic carbocycles. The van der Waals surface area contributed by atoms with E-state index in [-0.39, 0.29) is 6.61 Å². The fourth-order valence-electron chi connectivity index (χ4n) is 1.30. The van der Waals surface area contributed by atoms with Crippen molar-refractivity contribution in [3.63, 3.8) is 0 Å². The summed E-state index contributed by atoms with van der Waals surface area (Å²) in [6.45, 7) is 0.150. The molecule has 4 nitrogen and oxygen atoms in total. The first-order chi connectivity index (χ1) is 8.90. The van der Waals surface area contributed by atoms with Crippen LogP contribution in [0.5, 0.6) is 5.75 Å². The van der Waals surface area contributed by atoms with Gasteiger partial charge in [-0.3, -0.25) is 0 Å². The number of nitrogens with one attached hydrogen (secondary N) is 1. The smallest absolute Gasteiger partial charge is 0.407 e. The predicted octanol–water partition coefficient (Wildman–Crippen LogP) is 3.33. The number of amides is 1. The lowest BCUT2D eigenvalue weighted by Crippen LogP contribution is -2.29. The Morgan fingerprint density at radius 2 is 1.89 bits per heavy atom. The molecule has 1 aromatic rings. The maximum atomic E-state index is 11.3. The van der Waals surface area contributed by atoms with Crippen LogP contribution in [0.2, 0.25) is 0 Å². The molecule has 0 radical (unpaired) electrons. The molecule has 0 unspecified atom stereocenters. The highest BCUT2D eigenvalue weighted by atomic mass is 35.6. The van der Waals surface area contributed by atoms with E-state index < -0.39 is 9.89 Å². The number of methoxy groups -OCH3 is 1. The SMILES string of the molecule is COc1ccc(CCNC(=O)OCC(Cl)(Cl)Cl)cc1. The van der Waals surface area contributed by atoms with E-state index in [0.29, 0.717) is 13.0 Å². The lowest BCUT2D eigenvalue weighted by molar-refractivity contribution is 0.148. The van der Waals surface area contributed by atoms with Crippen LogP contribution in [0.3, 0.4) is 0 Å². The van der Waals surface area contributed by atoms with Crippen molar-refractivity contribution in [1.82, 2.24) is 5.32 Å². The number of ether oxygens (including phenoxy) is 2. The van der Waals surface area contributed by atoms with Gasteiger partial charge in [-0.25, -0.2) is 4.79 Å². The summed E-state index contributed by atoms with van der Waals surface area (Å²) >= 11 is 16.3. The standard InChI is InChI=1S/C12H14Cl3NO3/c1-18-10-4-2-9(3-5-10)6-7-16-11(17)19-8-12(13,14)15/h2-5H,6-8H2,1H3,(H,16,17). The minimum absolute atomic E-state index is 0.286. The lowest BCUT2D eigenvalue weighted by atomic mass is 10.1. The molecule has 7 heteroatoms. The highest BCUT2D eigenvalue weighted by Gasteiger charge is 2.21. The van der Waals surface area contributed by atoms with Crippen molar-refractivity contribution in [2.45, 2.75) is 10.2 Å². The van der Waals surface area contributed by atoms with Gasteiger partial charge in [0.2, 0.25) is 3.79 Å². The first kappa shape index (κ1) is 16.2. The Bertz CT molecular complexity index is 404. The molecule has 0 fully saturated rings. The molecule has 106 valence electrons. The quantitative estimate of drug-likeness (QED) is 0.844. The summed E-state index contributed by atoms with van der Waals surface area (Å²) in [4.78, 5) is 11.3. The van der Waals surface area contributed by atoms with E-state index in [1.165, 1.54) is 0 Å². The molecule has 1 amide bonds. The zero-order valence-electron chi connectivity index (χ0n) is 10.3. The second-order valence-corrected chi connectivity index (χ2v) is 6.23. The minimum atomic E-state index is -1.59. The first-order valence-corrected chi connectivity index (χ1v) is 6.64. The van der Waals surface area contributed by atoms with E-state index in [2.05, 4.69) is 5.32 Å². The molecule has 1 N–H and O–H groups in total. The molecule has 1 aromatic carbocycles. The van der Waals surface area contributed by atoms with Crippen LogP contribution in [0.4, 0.5) is 4.79 Å². The molecule has 0 atom stereocenters. The summed E-state index contributed by atoms with van der Waals surface area (Å²) in [6, 6.07) is 7.56. The van der Waals surface area contributed by atoms with Gasteiger partial charge in [-0.05, 0) is 24.1 Å². The number of rotatable bonds is 5. The number of benzene rings is 1. The van der Waals surface area contributed by atoms with Crippen LogP contribution in [0.25, 0.3) is 0 Å². The Morgan fingerprint density at radius 1 is 1.26 bits per heavy atom. The van der Waals surface area contributed by atoms with Crippen molar-refractivity contribution >= 4 is 40.9 Å². The zero-order valence-corrected chi connectivity index (χ0v) is 12.6. The third-order valence-electron chi connectivity index (χ3n) is 2.21. The fraction of sp³-hybridized carbons (Fsp3) is 0.417. The molecular weight excluding hydrogens is 312 g/mol. The largest absolute Gasteiger partial charge is 0.497 e. The topological polar surface area (TPSA) is 47.6 Å². The van der Waals surface area contributed by atoms with E-state index in [1.807, 2.05) is 24.3 Å². The minimum Gasteiger partial charge on any atom is -0.497 e. The summed E-state index contributed by atoms with van der Waals surface area (Å²) < 4.78 is 8.17. The number of alkyl carbamates (subject to hydrolysis) is 1. The summed E-state index contributed by atoms with van der Waals surface area (Å²) in [5, 5.41) is 2.56. The highest BCUT2D eigenvalue weighted by molar-refractivity contribution is 6.67. The van der Waals surface area contributed by atoms with Gasteiger partial charge < -0.3 is 14.8 Å². The third kappa shape index (κ3) is 7.35. The molecule has 0 saturated heterocycles. The molecule has 0 heterocycles. The average molecular weight is 327 g/mol. The van der Waals surface area contributed by atoms with E-state index >= 15 is 0 Å². The zero-order chi connectivity index (χ0) is 14.3. The van der Waals surface area contributed by atoms with Gasteiger partial charge in [0, 0.05) is 6.54 Å². The van der Waals surface area contributed by atoms with Gasteiger partial charge in [0.25, 0.3) is 0 Å². The molecule has 0 aliphatic heterocycles. The number of carbonyl (C=O) groups is 1. The number of halogens is 3. The number of hydrogen-bond donors (Lipinski definition) is 1. The molecule has 0 spiro atoms. The average Bonchev–Trinajstić information content (AvgIpc) is 2.36. The molecule has 19 heavy (non-hydrogen) atoms. The van der Waals surface area contributed by atoms with Gasteiger partial charge in [0.1, 0.15) is 12.4 Å². The predicted molar refractivity (Wildman–Crippen MR) is 76.3 cm³/mol. The molecule has 0 aliphatic rings. The van der Waals surface area contributed by atoms with Crippen molar-refractivity contribution in [1.29, 1.82) is 0 Å². The van der Waals surface area contributed by atoms with E-state index in [1.54, 1.807) is 7.11 Å². The van der Waals surface area contributed by atoms with Crippen LogP contribution < -0.4 is 10.1 Å². The summed E-state index contributed by atoms with van der Waals surface area (Å²) in [5.74, 6) is 0.791. The van der Waals surface area contributed by atoms with E-state index in [9.17, 15) is 4.79 Å². The lowest BCUT2D eigenvalue weighted by Gasteiger charge is -2.12. The van der Waals surface area contributed by atoms with Gasteiger partial charge >= 0.3 is 6.09 Å².